The van der Waals surface area contributed by atoms with Crippen LogP contribution in [0.1, 0.15) is 32.0 Å². The standard InChI is InChI=1S/C12H14N4O/c1-12(2)6-8(12)10-15-11(17-16-10)7-3-4-14-9(13)5-7/h3-5,8H,6H2,1-2H3,(H2,13,14). The molecule has 1 atom stereocenters. The SMILES string of the molecule is CC1(C)CC1c1noc(-c2ccnc(N)c2)n1. The van der Waals surface area contributed by atoms with Crippen LogP contribution in [0.25, 0.3) is 11.5 Å². The average molecular weight is 230 g/mol. The fraction of sp³-hybridized carbons (Fsp3) is 0.417. The Morgan fingerprint density at radius 2 is 2.24 bits per heavy atom. The Morgan fingerprint density at radius 3 is 2.88 bits per heavy atom. The topological polar surface area (TPSA) is 77.8 Å². The summed E-state index contributed by atoms with van der Waals surface area (Å²) in [6.45, 7) is 4.41. The molecule has 0 radical (unpaired) electrons. The molecule has 2 N–H and O–H groups in total. The number of nitrogens with two attached hydrogens (primary N) is 1. The minimum absolute atomic E-state index is 0.304. The summed E-state index contributed by atoms with van der Waals surface area (Å²) < 4.78 is 5.26. The first-order valence-electron chi connectivity index (χ1n) is 5.62. The maximum Gasteiger partial charge on any atom is 0.258 e. The number of anilines is 1. The maximum atomic E-state index is 5.62. The zero-order chi connectivity index (χ0) is 12.0. The fourth-order valence-electron chi connectivity index (χ4n) is 1.98. The predicted molar refractivity (Wildman–Crippen MR) is 63.1 cm³/mol. The van der Waals surface area contributed by atoms with Crippen molar-refractivity contribution in [3.63, 3.8) is 0 Å². The Bertz CT molecular complexity index is 561. The summed E-state index contributed by atoms with van der Waals surface area (Å²) in [5.41, 5.74) is 6.74. The van der Waals surface area contributed by atoms with Crippen LogP contribution in [0.15, 0.2) is 22.9 Å². The molecular formula is C12H14N4O. The van der Waals surface area contributed by atoms with E-state index in [-0.39, 0.29) is 0 Å². The van der Waals surface area contributed by atoms with Crippen LogP contribution in [0.4, 0.5) is 5.82 Å². The highest BCUT2D eigenvalue weighted by molar-refractivity contribution is 5.56. The van der Waals surface area contributed by atoms with Crippen molar-refractivity contribution in [3.8, 4) is 11.5 Å². The van der Waals surface area contributed by atoms with E-state index in [0.717, 1.165) is 17.8 Å². The largest absolute Gasteiger partial charge is 0.384 e. The summed E-state index contributed by atoms with van der Waals surface area (Å²) in [6, 6.07) is 3.54. The van der Waals surface area contributed by atoms with Gasteiger partial charge in [-0.1, -0.05) is 19.0 Å². The average Bonchev–Trinajstić information content (AvgIpc) is 2.76. The van der Waals surface area contributed by atoms with Gasteiger partial charge in [-0.25, -0.2) is 4.98 Å². The van der Waals surface area contributed by atoms with Gasteiger partial charge in [0.2, 0.25) is 0 Å². The van der Waals surface area contributed by atoms with Gasteiger partial charge in [0.15, 0.2) is 5.82 Å². The number of hydrogen-bond acceptors (Lipinski definition) is 5. The number of hydrogen-bond donors (Lipinski definition) is 1. The smallest absolute Gasteiger partial charge is 0.258 e. The Hall–Kier alpha value is -1.91. The molecule has 0 spiro atoms. The van der Waals surface area contributed by atoms with E-state index in [4.69, 9.17) is 10.3 Å². The Balaban J connectivity index is 1.91. The van der Waals surface area contributed by atoms with Crippen molar-refractivity contribution < 1.29 is 4.52 Å². The second-order valence-corrected chi connectivity index (χ2v) is 5.17. The molecule has 88 valence electrons. The maximum absolute atomic E-state index is 5.62. The molecular weight excluding hydrogens is 216 g/mol. The highest BCUT2D eigenvalue weighted by Crippen LogP contribution is 2.57. The lowest BCUT2D eigenvalue weighted by atomic mass is 10.1. The second-order valence-electron chi connectivity index (χ2n) is 5.17. The summed E-state index contributed by atoms with van der Waals surface area (Å²) in [5.74, 6) is 2.17. The second kappa shape index (κ2) is 3.29. The first-order chi connectivity index (χ1) is 8.06. The molecule has 3 rings (SSSR count). The van der Waals surface area contributed by atoms with Crippen molar-refractivity contribution in [3.05, 3.63) is 24.2 Å². The third-order valence-electron chi connectivity index (χ3n) is 3.29. The molecule has 2 heterocycles. The van der Waals surface area contributed by atoms with E-state index in [2.05, 4.69) is 29.0 Å². The van der Waals surface area contributed by atoms with Crippen molar-refractivity contribution in [2.75, 3.05) is 5.73 Å². The van der Waals surface area contributed by atoms with Crippen LogP contribution >= 0.6 is 0 Å². The summed E-state index contributed by atoms with van der Waals surface area (Å²) in [5, 5.41) is 4.03. The van der Waals surface area contributed by atoms with Gasteiger partial charge in [-0.3, -0.25) is 0 Å². The summed E-state index contributed by atoms with van der Waals surface area (Å²) in [6.07, 6.45) is 2.75. The van der Waals surface area contributed by atoms with E-state index in [1.54, 1.807) is 12.3 Å². The Labute approximate surface area is 99.1 Å². The Morgan fingerprint density at radius 1 is 1.47 bits per heavy atom. The monoisotopic (exact) mass is 230 g/mol. The first-order valence-corrected chi connectivity index (χ1v) is 5.62. The van der Waals surface area contributed by atoms with Gasteiger partial charge in [-0.2, -0.15) is 4.98 Å². The lowest BCUT2D eigenvalue weighted by Crippen LogP contribution is -1.92. The zero-order valence-corrected chi connectivity index (χ0v) is 9.84. The van der Waals surface area contributed by atoms with Gasteiger partial charge in [-0.05, 0) is 24.0 Å². The molecule has 1 saturated carbocycles. The first kappa shape index (κ1) is 10.3. The minimum Gasteiger partial charge on any atom is -0.384 e. The van der Waals surface area contributed by atoms with Crippen LogP contribution in [-0.4, -0.2) is 15.1 Å². The highest BCUT2D eigenvalue weighted by atomic mass is 16.5. The molecule has 2 aromatic heterocycles. The molecule has 0 bridgehead atoms. The lowest BCUT2D eigenvalue weighted by molar-refractivity contribution is 0.419. The fourth-order valence-corrected chi connectivity index (χ4v) is 1.98. The third-order valence-corrected chi connectivity index (χ3v) is 3.29. The van der Waals surface area contributed by atoms with Crippen molar-refractivity contribution in [2.45, 2.75) is 26.2 Å². The quantitative estimate of drug-likeness (QED) is 0.855. The number of aromatic nitrogens is 3. The van der Waals surface area contributed by atoms with E-state index in [0.29, 0.717) is 23.0 Å². The summed E-state index contributed by atoms with van der Waals surface area (Å²) in [7, 11) is 0. The van der Waals surface area contributed by atoms with Crippen LogP contribution in [0.5, 0.6) is 0 Å². The van der Waals surface area contributed by atoms with Gasteiger partial charge >= 0.3 is 0 Å². The number of nitrogen functional groups attached to an aromatic ring is 1. The third kappa shape index (κ3) is 1.77. The van der Waals surface area contributed by atoms with Crippen LogP contribution in [0.3, 0.4) is 0 Å². The van der Waals surface area contributed by atoms with Crippen molar-refractivity contribution >= 4 is 5.82 Å². The zero-order valence-electron chi connectivity index (χ0n) is 9.84. The molecule has 0 amide bonds. The van der Waals surface area contributed by atoms with Gasteiger partial charge in [0, 0.05) is 17.7 Å². The number of nitrogens with zero attached hydrogens (tertiary/aromatic N) is 3. The number of rotatable bonds is 2. The van der Waals surface area contributed by atoms with Gasteiger partial charge in [0.25, 0.3) is 5.89 Å². The molecule has 1 aliphatic rings. The van der Waals surface area contributed by atoms with Crippen LogP contribution in [0, 0.1) is 5.41 Å². The molecule has 0 aliphatic heterocycles. The summed E-state index contributed by atoms with van der Waals surface area (Å²) >= 11 is 0. The molecule has 0 aromatic carbocycles. The lowest BCUT2D eigenvalue weighted by Gasteiger charge is -1.96. The van der Waals surface area contributed by atoms with E-state index in [9.17, 15) is 0 Å². The van der Waals surface area contributed by atoms with Crippen molar-refractivity contribution in [2.24, 2.45) is 5.41 Å². The molecule has 5 heteroatoms. The minimum atomic E-state index is 0.304. The molecule has 0 saturated heterocycles. The molecule has 1 aliphatic carbocycles. The van der Waals surface area contributed by atoms with Crippen molar-refractivity contribution in [1.82, 2.24) is 15.1 Å². The molecule has 1 unspecified atom stereocenters. The predicted octanol–water partition coefficient (Wildman–Crippen LogP) is 2.23. The van der Waals surface area contributed by atoms with E-state index < -0.39 is 0 Å². The molecule has 5 nitrogen and oxygen atoms in total. The van der Waals surface area contributed by atoms with Gasteiger partial charge in [0.1, 0.15) is 5.82 Å². The highest BCUT2D eigenvalue weighted by Gasteiger charge is 2.49. The van der Waals surface area contributed by atoms with Crippen molar-refractivity contribution in [1.29, 1.82) is 0 Å². The van der Waals surface area contributed by atoms with Gasteiger partial charge in [-0.15, -0.1) is 0 Å². The molecule has 17 heavy (non-hydrogen) atoms. The van der Waals surface area contributed by atoms with Gasteiger partial charge in [0.05, 0.1) is 0 Å². The van der Waals surface area contributed by atoms with E-state index >= 15 is 0 Å². The van der Waals surface area contributed by atoms with Crippen LogP contribution in [0.2, 0.25) is 0 Å². The van der Waals surface area contributed by atoms with Gasteiger partial charge < -0.3 is 10.3 Å². The van der Waals surface area contributed by atoms with E-state index in [1.807, 2.05) is 6.07 Å². The molecule has 2 aromatic rings. The summed E-state index contributed by atoms with van der Waals surface area (Å²) in [4.78, 5) is 8.35. The number of pyridine rings is 1. The Kier molecular flexibility index (Phi) is 1.98. The molecule has 1 fully saturated rings. The normalized spacial score (nSPS) is 21.4. The van der Waals surface area contributed by atoms with Crippen LogP contribution < -0.4 is 5.73 Å². The van der Waals surface area contributed by atoms with E-state index in [1.165, 1.54) is 0 Å². The van der Waals surface area contributed by atoms with Crippen LogP contribution in [-0.2, 0) is 0 Å².